The quantitative estimate of drug-likeness (QED) is 0.688. The molecule has 0 saturated heterocycles. The van der Waals surface area contributed by atoms with E-state index in [-0.39, 0.29) is 30.1 Å². The Bertz CT molecular complexity index is 764. The van der Waals surface area contributed by atoms with E-state index < -0.39 is 0 Å². The van der Waals surface area contributed by atoms with Gasteiger partial charge in [0.05, 0.1) is 10.4 Å². The number of carbonyl (C=O) groups excluding carboxylic acids is 2. The van der Waals surface area contributed by atoms with Crippen molar-refractivity contribution in [3.8, 4) is 0 Å². The predicted octanol–water partition coefficient (Wildman–Crippen LogP) is 4.98. The topological polar surface area (TPSA) is 46.2 Å². The average molecular weight is 406 g/mol. The molecule has 5 heteroatoms. The summed E-state index contributed by atoms with van der Waals surface area (Å²) in [6.07, 6.45) is 3.52. The van der Waals surface area contributed by atoms with E-state index in [1.165, 1.54) is 11.3 Å². The summed E-state index contributed by atoms with van der Waals surface area (Å²) in [6, 6.07) is 11.9. The van der Waals surface area contributed by atoms with Gasteiger partial charge in [0.2, 0.25) is 5.91 Å². The van der Waals surface area contributed by atoms with Gasteiger partial charge in [0.15, 0.2) is 5.78 Å². The molecule has 1 aliphatic rings. The smallest absolute Gasteiger partial charge is 0.221 e. The lowest BCUT2D eigenvalue weighted by Gasteiger charge is -2.43. The summed E-state index contributed by atoms with van der Waals surface area (Å²) in [5.74, 6) is 0.00432. The maximum Gasteiger partial charge on any atom is 0.221 e. The van der Waals surface area contributed by atoms with E-state index in [0.29, 0.717) is 0 Å². The van der Waals surface area contributed by atoms with Crippen molar-refractivity contribution in [2.45, 2.75) is 44.6 Å². The van der Waals surface area contributed by atoms with Crippen LogP contribution in [-0.4, -0.2) is 11.7 Å². The highest BCUT2D eigenvalue weighted by molar-refractivity contribution is 9.10. The summed E-state index contributed by atoms with van der Waals surface area (Å²) in [4.78, 5) is 26.4. The van der Waals surface area contributed by atoms with E-state index in [9.17, 15) is 9.59 Å². The molecule has 1 heterocycles. The Morgan fingerprint density at radius 3 is 2.58 bits per heavy atom. The van der Waals surface area contributed by atoms with Gasteiger partial charge in [-0.3, -0.25) is 9.59 Å². The molecule has 0 aliphatic heterocycles. The van der Waals surface area contributed by atoms with Crippen molar-refractivity contribution >= 4 is 39.0 Å². The van der Waals surface area contributed by atoms with E-state index in [1.807, 2.05) is 31.2 Å². The van der Waals surface area contributed by atoms with Gasteiger partial charge in [-0.05, 0) is 56.0 Å². The Morgan fingerprint density at radius 1 is 1.21 bits per heavy atom. The van der Waals surface area contributed by atoms with Gasteiger partial charge in [0, 0.05) is 22.2 Å². The van der Waals surface area contributed by atoms with Crippen molar-refractivity contribution in [3.63, 3.8) is 0 Å². The van der Waals surface area contributed by atoms with Crippen LogP contribution in [0.1, 0.15) is 52.2 Å². The molecule has 1 amide bonds. The number of thiophene rings is 1. The van der Waals surface area contributed by atoms with Crippen LogP contribution in [0, 0.1) is 6.92 Å². The highest BCUT2D eigenvalue weighted by Gasteiger charge is 2.39. The van der Waals surface area contributed by atoms with Gasteiger partial charge in [-0.2, -0.15) is 0 Å². The van der Waals surface area contributed by atoms with Crippen molar-refractivity contribution in [3.05, 3.63) is 56.2 Å². The fourth-order valence-corrected chi connectivity index (χ4v) is 4.30. The minimum absolute atomic E-state index is 0.0451. The predicted molar refractivity (Wildman–Crippen MR) is 100 cm³/mol. The minimum atomic E-state index is -0.260. The van der Waals surface area contributed by atoms with Gasteiger partial charge in [-0.25, -0.2) is 0 Å². The first-order valence-corrected chi connectivity index (χ1v) is 9.76. The van der Waals surface area contributed by atoms with Crippen LogP contribution in [0.5, 0.6) is 0 Å². The van der Waals surface area contributed by atoms with Crippen molar-refractivity contribution in [2.24, 2.45) is 0 Å². The molecular weight excluding hydrogens is 386 g/mol. The van der Waals surface area contributed by atoms with Gasteiger partial charge in [-0.1, -0.05) is 28.1 Å². The first-order valence-electron chi connectivity index (χ1n) is 8.15. The van der Waals surface area contributed by atoms with Crippen LogP contribution < -0.4 is 5.32 Å². The molecule has 0 bridgehead atoms. The molecule has 3 nitrogen and oxygen atoms in total. The zero-order valence-corrected chi connectivity index (χ0v) is 16.0. The number of amides is 1. The Morgan fingerprint density at radius 2 is 2.00 bits per heavy atom. The monoisotopic (exact) mass is 405 g/mol. The van der Waals surface area contributed by atoms with E-state index in [2.05, 4.69) is 33.4 Å². The molecular formula is C19H20BrNO2S. The highest BCUT2D eigenvalue weighted by Crippen LogP contribution is 2.42. The third kappa shape index (κ3) is 3.78. The van der Waals surface area contributed by atoms with Crippen LogP contribution in [0.4, 0.5) is 0 Å². The number of Topliss-reactive ketones (excluding diaryl/α,β-unsaturated/α-hetero) is 1. The summed E-state index contributed by atoms with van der Waals surface area (Å²) in [7, 11) is 0. The number of halogens is 1. The number of hydrogen-bond donors (Lipinski definition) is 1. The Kier molecular flexibility index (Phi) is 5.21. The SMILES string of the molecule is Cc1ccc(C(=O)CCC(=O)NC2(c3cccc(Br)c3)CCC2)s1. The van der Waals surface area contributed by atoms with Crippen molar-refractivity contribution < 1.29 is 9.59 Å². The van der Waals surface area contributed by atoms with E-state index in [1.54, 1.807) is 0 Å². The molecule has 0 radical (unpaired) electrons. The third-order valence-electron chi connectivity index (χ3n) is 4.56. The Labute approximate surface area is 154 Å². The van der Waals surface area contributed by atoms with Gasteiger partial charge >= 0.3 is 0 Å². The molecule has 1 fully saturated rings. The summed E-state index contributed by atoms with van der Waals surface area (Å²) < 4.78 is 1.02. The van der Waals surface area contributed by atoms with Crippen LogP contribution in [0.15, 0.2) is 40.9 Å². The molecule has 0 unspecified atom stereocenters. The average Bonchev–Trinajstić information content (AvgIpc) is 2.95. The van der Waals surface area contributed by atoms with Crippen LogP contribution in [0.3, 0.4) is 0 Å². The van der Waals surface area contributed by atoms with E-state index in [0.717, 1.165) is 39.1 Å². The van der Waals surface area contributed by atoms with Crippen molar-refractivity contribution in [1.82, 2.24) is 5.32 Å². The van der Waals surface area contributed by atoms with Gasteiger partial charge < -0.3 is 5.32 Å². The first kappa shape index (κ1) is 17.4. The molecule has 1 aromatic carbocycles. The Hall–Kier alpha value is -1.46. The number of hydrogen-bond acceptors (Lipinski definition) is 3. The molecule has 24 heavy (non-hydrogen) atoms. The van der Waals surface area contributed by atoms with Gasteiger partial charge in [-0.15, -0.1) is 11.3 Å². The first-order chi connectivity index (χ1) is 11.5. The molecule has 0 spiro atoms. The lowest BCUT2D eigenvalue weighted by atomic mass is 9.71. The molecule has 2 aromatic rings. The summed E-state index contributed by atoms with van der Waals surface area (Å²) in [6.45, 7) is 1.98. The van der Waals surface area contributed by atoms with Crippen molar-refractivity contribution in [2.75, 3.05) is 0 Å². The van der Waals surface area contributed by atoms with E-state index >= 15 is 0 Å². The number of nitrogens with one attached hydrogen (secondary N) is 1. The highest BCUT2D eigenvalue weighted by atomic mass is 79.9. The second-order valence-electron chi connectivity index (χ2n) is 6.33. The number of carbonyl (C=O) groups is 2. The standard InChI is InChI=1S/C19H20BrNO2S/c1-13-6-8-17(24-13)16(22)7-9-18(23)21-19(10-3-11-19)14-4-2-5-15(20)12-14/h2,4-6,8,12H,3,7,9-11H2,1H3,(H,21,23). The molecule has 1 aliphatic carbocycles. The zero-order valence-electron chi connectivity index (χ0n) is 13.6. The molecule has 0 atom stereocenters. The molecule has 126 valence electrons. The zero-order chi connectivity index (χ0) is 17.2. The number of rotatable bonds is 6. The molecule has 1 saturated carbocycles. The maximum absolute atomic E-state index is 12.4. The number of ketones is 1. The molecule has 3 rings (SSSR count). The Balaban J connectivity index is 1.60. The largest absolute Gasteiger partial charge is 0.347 e. The second-order valence-corrected chi connectivity index (χ2v) is 8.53. The third-order valence-corrected chi connectivity index (χ3v) is 6.09. The molecule has 1 N–H and O–H groups in total. The summed E-state index contributed by atoms with van der Waals surface area (Å²) in [5.41, 5.74) is 0.875. The van der Waals surface area contributed by atoms with Crippen LogP contribution in [0.25, 0.3) is 0 Å². The van der Waals surface area contributed by atoms with Crippen molar-refractivity contribution in [1.29, 1.82) is 0 Å². The molecule has 1 aromatic heterocycles. The normalized spacial score (nSPS) is 15.6. The minimum Gasteiger partial charge on any atom is -0.347 e. The number of aryl methyl sites for hydroxylation is 1. The lowest BCUT2D eigenvalue weighted by Crippen LogP contribution is -2.50. The van der Waals surface area contributed by atoms with Crippen LogP contribution in [0.2, 0.25) is 0 Å². The van der Waals surface area contributed by atoms with Crippen LogP contribution in [-0.2, 0) is 10.3 Å². The summed E-state index contributed by atoms with van der Waals surface area (Å²) >= 11 is 4.98. The lowest BCUT2D eigenvalue weighted by molar-refractivity contribution is -0.124. The fraction of sp³-hybridized carbons (Fsp3) is 0.368. The van der Waals surface area contributed by atoms with Gasteiger partial charge in [0.1, 0.15) is 0 Å². The van der Waals surface area contributed by atoms with E-state index in [4.69, 9.17) is 0 Å². The number of benzene rings is 1. The van der Waals surface area contributed by atoms with Gasteiger partial charge in [0.25, 0.3) is 0 Å². The maximum atomic E-state index is 12.4. The summed E-state index contributed by atoms with van der Waals surface area (Å²) in [5, 5.41) is 3.18. The fourth-order valence-electron chi connectivity index (χ4n) is 3.07. The van der Waals surface area contributed by atoms with Crippen LogP contribution >= 0.6 is 27.3 Å². The second kappa shape index (κ2) is 7.19.